The van der Waals surface area contributed by atoms with E-state index in [2.05, 4.69) is 42.4 Å². The molecule has 0 aliphatic carbocycles. The molecule has 0 saturated carbocycles. The van der Waals surface area contributed by atoms with Crippen molar-refractivity contribution in [3.8, 4) is 11.4 Å². The standard InChI is InChI=1S/C20H26F2N8O2.C2H2O4/c1-13(2)19-24-20(32-25-19)29-7-5-28(6-8-29)14(3)4-9-31-15-10-16(21)18(17(22)11-15)30-12-23-26-27-30;3-1(4)2(5)6/h10-14H,4-9H2,1-3H3;(H,3,4)(H,5,6). The zero-order valence-corrected chi connectivity index (χ0v) is 21.0. The molecule has 16 heteroatoms. The molecule has 1 aliphatic rings. The van der Waals surface area contributed by atoms with E-state index in [0.29, 0.717) is 18.4 Å². The van der Waals surface area contributed by atoms with Crippen LogP contribution < -0.4 is 9.64 Å². The molecule has 1 aliphatic heterocycles. The molecule has 0 amide bonds. The number of hydrogen-bond acceptors (Lipinski definition) is 11. The minimum Gasteiger partial charge on any atom is -0.493 e. The SMILES string of the molecule is CC(C)c1noc(N2CCN(C(C)CCOc3cc(F)c(-n4cnnn4)c(F)c3)CC2)n1.O=C(O)C(=O)O. The summed E-state index contributed by atoms with van der Waals surface area (Å²) in [6.07, 6.45) is 1.85. The molecular formula is C22H28F2N8O6. The Kier molecular flexibility index (Phi) is 9.59. The molecule has 1 saturated heterocycles. The van der Waals surface area contributed by atoms with Crippen molar-refractivity contribution >= 4 is 18.0 Å². The number of rotatable bonds is 8. The first kappa shape index (κ1) is 28.4. The Morgan fingerprint density at radius 3 is 2.21 bits per heavy atom. The number of nitrogens with zero attached hydrogens (tertiary/aromatic N) is 8. The summed E-state index contributed by atoms with van der Waals surface area (Å²) >= 11 is 0. The molecule has 2 aromatic heterocycles. The average molecular weight is 539 g/mol. The first-order chi connectivity index (χ1) is 18.1. The lowest BCUT2D eigenvalue weighted by molar-refractivity contribution is -0.159. The van der Waals surface area contributed by atoms with Crippen LogP contribution in [0.4, 0.5) is 14.8 Å². The Morgan fingerprint density at radius 2 is 1.71 bits per heavy atom. The third-order valence-corrected chi connectivity index (χ3v) is 5.71. The van der Waals surface area contributed by atoms with Gasteiger partial charge in [-0.25, -0.2) is 18.4 Å². The normalized spacial score (nSPS) is 14.6. The van der Waals surface area contributed by atoms with E-state index in [-0.39, 0.29) is 23.4 Å². The molecule has 1 atom stereocenters. The summed E-state index contributed by atoms with van der Waals surface area (Å²) in [6.45, 7) is 9.80. The van der Waals surface area contributed by atoms with Crippen molar-refractivity contribution < 1.29 is 37.8 Å². The maximum absolute atomic E-state index is 14.3. The van der Waals surface area contributed by atoms with E-state index in [0.717, 1.165) is 55.7 Å². The molecule has 2 N–H and O–H groups in total. The number of ether oxygens (including phenoxy) is 1. The first-order valence-corrected chi connectivity index (χ1v) is 11.7. The Balaban J connectivity index is 0.000000599. The molecule has 0 bridgehead atoms. The molecule has 3 aromatic rings. The van der Waals surface area contributed by atoms with Crippen LogP contribution in [0.2, 0.25) is 0 Å². The second-order valence-corrected chi connectivity index (χ2v) is 8.70. The van der Waals surface area contributed by atoms with Gasteiger partial charge in [-0.2, -0.15) is 9.67 Å². The molecule has 3 heterocycles. The van der Waals surface area contributed by atoms with E-state index < -0.39 is 23.6 Å². The van der Waals surface area contributed by atoms with Gasteiger partial charge in [0, 0.05) is 50.3 Å². The number of piperazine rings is 1. The number of aromatic nitrogens is 6. The summed E-state index contributed by atoms with van der Waals surface area (Å²) in [7, 11) is 0. The minimum atomic E-state index is -1.82. The van der Waals surface area contributed by atoms with E-state index in [4.69, 9.17) is 29.1 Å². The van der Waals surface area contributed by atoms with Gasteiger partial charge in [-0.05, 0) is 23.8 Å². The highest BCUT2D eigenvalue weighted by atomic mass is 19.1. The zero-order valence-electron chi connectivity index (χ0n) is 21.0. The van der Waals surface area contributed by atoms with Crippen LogP contribution in [0.3, 0.4) is 0 Å². The van der Waals surface area contributed by atoms with Gasteiger partial charge in [-0.1, -0.05) is 19.0 Å². The summed E-state index contributed by atoms with van der Waals surface area (Å²) in [5.74, 6) is -4.16. The van der Waals surface area contributed by atoms with E-state index >= 15 is 0 Å². The second-order valence-electron chi connectivity index (χ2n) is 8.70. The number of hydrogen-bond donors (Lipinski definition) is 2. The van der Waals surface area contributed by atoms with Crippen LogP contribution in [0.15, 0.2) is 23.0 Å². The number of benzene rings is 1. The van der Waals surface area contributed by atoms with Crippen LogP contribution in [0.1, 0.15) is 38.9 Å². The third kappa shape index (κ3) is 7.41. The van der Waals surface area contributed by atoms with E-state index in [9.17, 15) is 8.78 Å². The largest absolute Gasteiger partial charge is 0.493 e. The number of tetrazole rings is 1. The van der Waals surface area contributed by atoms with Crippen LogP contribution in [0, 0.1) is 11.6 Å². The maximum atomic E-state index is 14.3. The predicted molar refractivity (Wildman–Crippen MR) is 126 cm³/mol. The molecule has 206 valence electrons. The molecular weight excluding hydrogens is 510 g/mol. The number of carboxylic acids is 2. The van der Waals surface area contributed by atoms with Gasteiger partial charge in [0.2, 0.25) is 0 Å². The molecule has 14 nitrogen and oxygen atoms in total. The molecule has 4 rings (SSSR count). The number of halogens is 2. The van der Waals surface area contributed by atoms with Gasteiger partial charge in [-0.3, -0.25) is 4.90 Å². The lowest BCUT2D eigenvalue weighted by Gasteiger charge is -2.37. The van der Waals surface area contributed by atoms with Crippen LogP contribution in [-0.2, 0) is 9.59 Å². The van der Waals surface area contributed by atoms with Crippen LogP contribution in [0.5, 0.6) is 5.75 Å². The minimum absolute atomic E-state index is 0.131. The van der Waals surface area contributed by atoms with Gasteiger partial charge in [-0.15, -0.1) is 5.10 Å². The maximum Gasteiger partial charge on any atom is 0.414 e. The fourth-order valence-corrected chi connectivity index (χ4v) is 3.58. The third-order valence-electron chi connectivity index (χ3n) is 5.71. The smallest absolute Gasteiger partial charge is 0.414 e. The highest BCUT2D eigenvalue weighted by Gasteiger charge is 2.25. The Morgan fingerprint density at radius 1 is 1.08 bits per heavy atom. The topological polar surface area (TPSA) is 173 Å². The van der Waals surface area contributed by atoms with Crippen LogP contribution in [0.25, 0.3) is 5.69 Å². The van der Waals surface area contributed by atoms with Crippen molar-refractivity contribution in [2.75, 3.05) is 37.7 Å². The Labute approximate surface area is 215 Å². The highest BCUT2D eigenvalue weighted by molar-refractivity contribution is 6.27. The number of carboxylic acid groups (broad SMARTS) is 2. The quantitative estimate of drug-likeness (QED) is 0.396. The summed E-state index contributed by atoms with van der Waals surface area (Å²) in [6, 6.07) is 3.10. The van der Waals surface area contributed by atoms with Crippen molar-refractivity contribution in [1.29, 1.82) is 0 Å². The molecule has 38 heavy (non-hydrogen) atoms. The van der Waals surface area contributed by atoms with E-state index in [1.807, 2.05) is 13.8 Å². The fourth-order valence-electron chi connectivity index (χ4n) is 3.58. The molecule has 0 spiro atoms. The summed E-state index contributed by atoms with van der Waals surface area (Å²) < 4.78 is 40.5. The Bertz CT molecular complexity index is 1180. The van der Waals surface area contributed by atoms with E-state index in [1.165, 1.54) is 0 Å². The van der Waals surface area contributed by atoms with Crippen molar-refractivity contribution in [2.45, 2.75) is 39.2 Å². The highest BCUT2D eigenvalue weighted by Crippen LogP contribution is 2.24. The van der Waals surface area contributed by atoms with Gasteiger partial charge in [0.05, 0.1) is 6.61 Å². The van der Waals surface area contributed by atoms with Gasteiger partial charge >= 0.3 is 18.0 Å². The predicted octanol–water partition coefficient (Wildman–Crippen LogP) is 1.58. The molecule has 0 radical (unpaired) electrons. The zero-order chi connectivity index (χ0) is 27.8. The second kappa shape index (κ2) is 12.8. The molecule has 1 aromatic carbocycles. The summed E-state index contributed by atoms with van der Waals surface area (Å²) in [5, 5.41) is 29.1. The van der Waals surface area contributed by atoms with Crippen molar-refractivity contribution in [1.82, 2.24) is 35.2 Å². The van der Waals surface area contributed by atoms with Gasteiger partial charge in [0.15, 0.2) is 17.5 Å². The number of anilines is 1. The summed E-state index contributed by atoms with van der Waals surface area (Å²) in [5.41, 5.74) is -0.338. The lowest BCUT2D eigenvalue weighted by Crippen LogP contribution is -2.50. The summed E-state index contributed by atoms with van der Waals surface area (Å²) in [4.78, 5) is 27.1. The van der Waals surface area contributed by atoms with Gasteiger partial charge in [0.25, 0.3) is 0 Å². The van der Waals surface area contributed by atoms with Crippen molar-refractivity contribution in [3.63, 3.8) is 0 Å². The van der Waals surface area contributed by atoms with Gasteiger partial charge in [0.1, 0.15) is 17.8 Å². The molecule has 1 unspecified atom stereocenters. The molecule has 1 fully saturated rings. The first-order valence-electron chi connectivity index (χ1n) is 11.7. The fraction of sp³-hybridized carbons (Fsp3) is 0.500. The van der Waals surface area contributed by atoms with Crippen LogP contribution in [-0.4, -0.2) is 96.2 Å². The van der Waals surface area contributed by atoms with Gasteiger partial charge < -0.3 is 24.4 Å². The van der Waals surface area contributed by atoms with Crippen LogP contribution >= 0.6 is 0 Å². The lowest BCUT2D eigenvalue weighted by atomic mass is 10.2. The van der Waals surface area contributed by atoms with E-state index in [1.54, 1.807) is 0 Å². The van der Waals surface area contributed by atoms with Crippen molar-refractivity contribution in [3.05, 3.63) is 35.9 Å². The number of carbonyl (C=O) groups is 2. The number of aliphatic carboxylic acids is 2. The Hall–Kier alpha value is -4.21. The average Bonchev–Trinajstić information content (AvgIpc) is 3.57. The monoisotopic (exact) mass is 538 g/mol. The van der Waals surface area contributed by atoms with Crippen molar-refractivity contribution in [2.24, 2.45) is 0 Å².